The summed E-state index contributed by atoms with van der Waals surface area (Å²) in [6, 6.07) is 5.40. The Bertz CT molecular complexity index is 236. The summed E-state index contributed by atoms with van der Waals surface area (Å²) in [5, 5.41) is 8.93. The number of hydrogen-bond donors (Lipinski definition) is 1. The highest BCUT2D eigenvalue weighted by molar-refractivity contribution is 5.46. The van der Waals surface area contributed by atoms with Gasteiger partial charge in [-0.05, 0) is 6.07 Å². The highest BCUT2D eigenvalue weighted by Gasteiger charge is 2.06. The molecule has 3 nitrogen and oxygen atoms in total. The highest BCUT2D eigenvalue weighted by atomic mass is 16.5. The normalized spacial score (nSPS) is 9.58. The third-order valence-corrected chi connectivity index (χ3v) is 1.65. The smallest absolute Gasteiger partial charge is 0.166 e. The van der Waals surface area contributed by atoms with E-state index in [9.17, 15) is 0 Å². The van der Waals surface area contributed by atoms with Crippen LogP contribution in [0.4, 0.5) is 0 Å². The zero-order valence-electron chi connectivity index (χ0n) is 7.20. The number of para-hydroxylation sites is 1. The Morgan fingerprint density at radius 2 is 2.00 bits per heavy atom. The molecule has 0 amide bonds. The second kappa shape index (κ2) is 3.97. The summed E-state index contributed by atoms with van der Waals surface area (Å²) >= 11 is 0. The molecule has 0 radical (unpaired) electrons. The van der Waals surface area contributed by atoms with Gasteiger partial charge in [-0.3, -0.25) is 0 Å². The fourth-order valence-corrected chi connectivity index (χ4v) is 1.08. The molecule has 3 heteroatoms. The van der Waals surface area contributed by atoms with E-state index >= 15 is 0 Å². The predicted octanol–water partition coefficient (Wildman–Crippen LogP) is 1.20. The second-order valence-electron chi connectivity index (χ2n) is 2.31. The SMILES string of the molecule is COc1cccc(CO)c1OC. The molecule has 0 aromatic heterocycles. The minimum Gasteiger partial charge on any atom is -0.493 e. The van der Waals surface area contributed by atoms with Crippen molar-refractivity contribution in [3.05, 3.63) is 23.8 Å². The number of rotatable bonds is 3. The molecule has 0 unspecified atom stereocenters. The summed E-state index contributed by atoms with van der Waals surface area (Å²) in [6.07, 6.45) is 0. The summed E-state index contributed by atoms with van der Waals surface area (Å²) in [4.78, 5) is 0. The van der Waals surface area contributed by atoms with E-state index in [0.29, 0.717) is 11.5 Å². The lowest BCUT2D eigenvalue weighted by Gasteiger charge is -2.10. The number of benzene rings is 1. The van der Waals surface area contributed by atoms with Crippen LogP contribution in [0, 0.1) is 0 Å². The van der Waals surface area contributed by atoms with E-state index in [-0.39, 0.29) is 6.61 Å². The minimum atomic E-state index is -0.0413. The van der Waals surface area contributed by atoms with Crippen molar-refractivity contribution in [1.82, 2.24) is 0 Å². The molecule has 0 aliphatic heterocycles. The van der Waals surface area contributed by atoms with Gasteiger partial charge < -0.3 is 14.6 Å². The van der Waals surface area contributed by atoms with Gasteiger partial charge in [0.05, 0.1) is 20.8 Å². The number of ether oxygens (including phenoxy) is 2. The van der Waals surface area contributed by atoms with Crippen LogP contribution in [-0.4, -0.2) is 19.3 Å². The molecular formula is C9H12O3. The molecule has 0 heterocycles. The molecule has 0 bridgehead atoms. The van der Waals surface area contributed by atoms with Gasteiger partial charge in [-0.25, -0.2) is 0 Å². The molecule has 0 saturated heterocycles. The molecule has 1 N–H and O–H groups in total. The van der Waals surface area contributed by atoms with Crippen LogP contribution >= 0.6 is 0 Å². The first-order chi connectivity index (χ1) is 5.83. The lowest BCUT2D eigenvalue weighted by Crippen LogP contribution is -1.95. The number of hydrogen-bond acceptors (Lipinski definition) is 3. The third-order valence-electron chi connectivity index (χ3n) is 1.65. The van der Waals surface area contributed by atoms with Gasteiger partial charge in [0, 0.05) is 5.56 Å². The summed E-state index contributed by atoms with van der Waals surface area (Å²) in [5.74, 6) is 1.24. The first kappa shape index (κ1) is 8.87. The lowest BCUT2D eigenvalue weighted by molar-refractivity contribution is 0.270. The Kier molecular flexibility index (Phi) is 2.94. The van der Waals surface area contributed by atoms with E-state index in [2.05, 4.69) is 0 Å². The van der Waals surface area contributed by atoms with Crippen LogP contribution in [0.1, 0.15) is 5.56 Å². The zero-order chi connectivity index (χ0) is 8.97. The Morgan fingerprint density at radius 3 is 2.50 bits per heavy atom. The molecule has 0 fully saturated rings. The molecule has 0 spiro atoms. The van der Waals surface area contributed by atoms with Gasteiger partial charge in [0.2, 0.25) is 0 Å². The van der Waals surface area contributed by atoms with E-state index in [0.717, 1.165) is 5.56 Å². The molecule has 12 heavy (non-hydrogen) atoms. The van der Waals surface area contributed by atoms with Crippen molar-refractivity contribution >= 4 is 0 Å². The fourth-order valence-electron chi connectivity index (χ4n) is 1.08. The fraction of sp³-hybridized carbons (Fsp3) is 0.333. The zero-order valence-corrected chi connectivity index (χ0v) is 7.20. The molecule has 0 aliphatic carbocycles. The summed E-state index contributed by atoms with van der Waals surface area (Å²) in [6.45, 7) is -0.0413. The minimum absolute atomic E-state index is 0.0413. The van der Waals surface area contributed by atoms with Crippen LogP contribution in [0.5, 0.6) is 11.5 Å². The van der Waals surface area contributed by atoms with Crippen molar-refractivity contribution in [1.29, 1.82) is 0 Å². The molecule has 1 aromatic rings. The maximum absolute atomic E-state index is 8.93. The van der Waals surface area contributed by atoms with Crippen LogP contribution in [0.2, 0.25) is 0 Å². The molecule has 66 valence electrons. The summed E-state index contributed by atoms with van der Waals surface area (Å²) in [5.41, 5.74) is 0.733. The number of aliphatic hydroxyl groups excluding tert-OH is 1. The van der Waals surface area contributed by atoms with E-state index in [1.807, 2.05) is 6.07 Å². The molecule has 0 saturated carbocycles. The first-order valence-corrected chi connectivity index (χ1v) is 3.64. The van der Waals surface area contributed by atoms with Gasteiger partial charge >= 0.3 is 0 Å². The van der Waals surface area contributed by atoms with Crippen molar-refractivity contribution in [2.75, 3.05) is 14.2 Å². The standard InChI is InChI=1S/C9H12O3/c1-11-8-5-3-4-7(6-10)9(8)12-2/h3-5,10H,6H2,1-2H3. The monoisotopic (exact) mass is 168 g/mol. The first-order valence-electron chi connectivity index (χ1n) is 3.64. The van der Waals surface area contributed by atoms with E-state index in [1.54, 1.807) is 26.4 Å². The van der Waals surface area contributed by atoms with Gasteiger partial charge in [0.15, 0.2) is 11.5 Å². The molecule has 0 atom stereocenters. The Labute approximate surface area is 71.5 Å². The van der Waals surface area contributed by atoms with Gasteiger partial charge in [0.25, 0.3) is 0 Å². The largest absolute Gasteiger partial charge is 0.493 e. The lowest BCUT2D eigenvalue weighted by atomic mass is 10.2. The van der Waals surface area contributed by atoms with Crippen LogP contribution in [0.3, 0.4) is 0 Å². The highest BCUT2D eigenvalue weighted by Crippen LogP contribution is 2.30. The Hall–Kier alpha value is -1.22. The second-order valence-corrected chi connectivity index (χ2v) is 2.31. The topological polar surface area (TPSA) is 38.7 Å². The van der Waals surface area contributed by atoms with Gasteiger partial charge in [0.1, 0.15) is 0 Å². The summed E-state index contributed by atoms with van der Waals surface area (Å²) in [7, 11) is 3.12. The van der Waals surface area contributed by atoms with Crippen LogP contribution in [-0.2, 0) is 6.61 Å². The Morgan fingerprint density at radius 1 is 1.25 bits per heavy atom. The molecular weight excluding hydrogens is 156 g/mol. The molecule has 1 aromatic carbocycles. The van der Waals surface area contributed by atoms with E-state index in [1.165, 1.54) is 0 Å². The number of aliphatic hydroxyl groups is 1. The molecule has 0 aliphatic rings. The predicted molar refractivity (Wildman–Crippen MR) is 45.5 cm³/mol. The van der Waals surface area contributed by atoms with Crippen molar-refractivity contribution in [2.45, 2.75) is 6.61 Å². The maximum atomic E-state index is 8.93. The van der Waals surface area contributed by atoms with Crippen molar-refractivity contribution < 1.29 is 14.6 Å². The van der Waals surface area contributed by atoms with E-state index in [4.69, 9.17) is 14.6 Å². The van der Waals surface area contributed by atoms with Crippen molar-refractivity contribution in [3.8, 4) is 11.5 Å². The Balaban J connectivity index is 3.13. The molecule has 1 rings (SSSR count). The van der Waals surface area contributed by atoms with Crippen LogP contribution < -0.4 is 9.47 Å². The van der Waals surface area contributed by atoms with E-state index < -0.39 is 0 Å². The summed E-state index contributed by atoms with van der Waals surface area (Å²) < 4.78 is 10.1. The van der Waals surface area contributed by atoms with Crippen LogP contribution in [0.25, 0.3) is 0 Å². The van der Waals surface area contributed by atoms with Crippen LogP contribution in [0.15, 0.2) is 18.2 Å². The van der Waals surface area contributed by atoms with Gasteiger partial charge in [-0.1, -0.05) is 12.1 Å². The van der Waals surface area contributed by atoms with Gasteiger partial charge in [-0.2, -0.15) is 0 Å². The number of methoxy groups -OCH3 is 2. The van der Waals surface area contributed by atoms with Crippen molar-refractivity contribution in [3.63, 3.8) is 0 Å². The average molecular weight is 168 g/mol. The quantitative estimate of drug-likeness (QED) is 0.737. The maximum Gasteiger partial charge on any atom is 0.166 e. The van der Waals surface area contributed by atoms with Gasteiger partial charge in [-0.15, -0.1) is 0 Å². The average Bonchev–Trinajstić information content (AvgIpc) is 2.16. The third kappa shape index (κ3) is 1.51. The van der Waals surface area contributed by atoms with Crippen molar-refractivity contribution in [2.24, 2.45) is 0 Å².